The molecule has 4 heteroatoms. The van der Waals surface area contributed by atoms with Crippen LogP contribution in [0.1, 0.15) is 46.5 Å². The molecule has 0 bridgehead atoms. The molecule has 0 aromatic rings. The van der Waals surface area contributed by atoms with Crippen molar-refractivity contribution in [3.63, 3.8) is 0 Å². The van der Waals surface area contributed by atoms with E-state index in [2.05, 4.69) is 43.4 Å². The minimum atomic E-state index is -0.0968. The minimum absolute atomic E-state index is 0.0968. The van der Waals surface area contributed by atoms with Crippen molar-refractivity contribution >= 4 is 5.91 Å². The lowest BCUT2D eigenvalue weighted by molar-refractivity contribution is -0.121. The summed E-state index contributed by atoms with van der Waals surface area (Å²) in [5.74, 6) is 0.0975. The first-order chi connectivity index (χ1) is 8.44. The Balaban J connectivity index is 2.19. The van der Waals surface area contributed by atoms with Crippen LogP contribution in [0.5, 0.6) is 0 Å². The lowest BCUT2D eigenvalue weighted by Crippen LogP contribution is -2.49. The SMILES string of the molecule is CCC(C)(C)NC(=O)CNCC1CCCCN1C. The van der Waals surface area contributed by atoms with Gasteiger partial charge in [0.05, 0.1) is 6.54 Å². The summed E-state index contributed by atoms with van der Waals surface area (Å²) in [6, 6.07) is 0.589. The van der Waals surface area contributed by atoms with E-state index in [9.17, 15) is 4.79 Å². The highest BCUT2D eigenvalue weighted by molar-refractivity contribution is 5.78. The highest BCUT2D eigenvalue weighted by atomic mass is 16.2. The van der Waals surface area contributed by atoms with Crippen molar-refractivity contribution in [3.05, 3.63) is 0 Å². The molecule has 1 atom stereocenters. The van der Waals surface area contributed by atoms with Gasteiger partial charge in [-0.3, -0.25) is 4.79 Å². The zero-order chi connectivity index (χ0) is 13.6. The van der Waals surface area contributed by atoms with Crippen LogP contribution in [0.4, 0.5) is 0 Å². The summed E-state index contributed by atoms with van der Waals surface area (Å²) < 4.78 is 0. The van der Waals surface area contributed by atoms with Gasteiger partial charge in [-0.05, 0) is 46.7 Å². The van der Waals surface area contributed by atoms with E-state index < -0.39 is 0 Å². The van der Waals surface area contributed by atoms with E-state index in [1.807, 2.05) is 0 Å². The average molecular weight is 255 g/mol. The molecule has 0 aromatic heterocycles. The number of likely N-dealkylation sites (N-methyl/N-ethyl adjacent to an activating group) is 1. The van der Waals surface area contributed by atoms with Crippen LogP contribution in [-0.2, 0) is 4.79 Å². The maximum atomic E-state index is 11.8. The van der Waals surface area contributed by atoms with Crippen molar-refractivity contribution in [2.75, 3.05) is 26.7 Å². The maximum absolute atomic E-state index is 11.8. The quantitative estimate of drug-likeness (QED) is 0.753. The molecule has 106 valence electrons. The molecule has 1 heterocycles. The molecular weight excluding hydrogens is 226 g/mol. The van der Waals surface area contributed by atoms with E-state index >= 15 is 0 Å². The predicted molar refractivity (Wildman–Crippen MR) is 75.7 cm³/mol. The fourth-order valence-corrected chi connectivity index (χ4v) is 2.26. The Morgan fingerprint density at radius 3 is 2.72 bits per heavy atom. The first-order valence-electron chi connectivity index (χ1n) is 7.16. The summed E-state index contributed by atoms with van der Waals surface area (Å²) in [4.78, 5) is 14.1. The zero-order valence-corrected chi connectivity index (χ0v) is 12.4. The molecule has 1 rings (SSSR count). The monoisotopic (exact) mass is 255 g/mol. The van der Waals surface area contributed by atoms with Gasteiger partial charge in [-0.2, -0.15) is 0 Å². The fraction of sp³-hybridized carbons (Fsp3) is 0.929. The summed E-state index contributed by atoms with van der Waals surface area (Å²) in [6.07, 6.45) is 4.81. The molecule has 1 amide bonds. The summed E-state index contributed by atoms with van der Waals surface area (Å²) >= 11 is 0. The molecule has 4 nitrogen and oxygen atoms in total. The van der Waals surface area contributed by atoms with Crippen LogP contribution in [0.15, 0.2) is 0 Å². The van der Waals surface area contributed by atoms with Gasteiger partial charge in [-0.25, -0.2) is 0 Å². The first kappa shape index (κ1) is 15.4. The van der Waals surface area contributed by atoms with E-state index in [-0.39, 0.29) is 11.4 Å². The highest BCUT2D eigenvalue weighted by Crippen LogP contribution is 2.13. The summed E-state index contributed by atoms with van der Waals surface area (Å²) in [5, 5.41) is 6.32. The number of nitrogens with one attached hydrogen (secondary N) is 2. The third-order valence-electron chi connectivity index (χ3n) is 3.95. The number of piperidine rings is 1. The van der Waals surface area contributed by atoms with Gasteiger partial charge >= 0.3 is 0 Å². The molecule has 1 saturated heterocycles. The number of carbonyl (C=O) groups excluding carboxylic acids is 1. The number of likely N-dealkylation sites (tertiary alicyclic amines) is 1. The van der Waals surface area contributed by atoms with Crippen molar-refractivity contribution in [3.8, 4) is 0 Å². The number of rotatable bonds is 6. The predicted octanol–water partition coefficient (Wildman–Crippen LogP) is 1.37. The van der Waals surface area contributed by atoms with E-state index in [0.29, 0.717) is 12.6 Å². The van der Waals surface area contributed by atoms with Crippen molar-refractivity contribution in [1.82, 2.24) is 15.5 Å². The van der Waals surface area contributed by atoms with Crippen molar-refractivity contribution < 1.29 is 4.79 Å². The van der Waals surface area contributed by atoms with Gasteiger partial charge in [0.15, 0.2) is 0 Å². The fourth-order valence-electron chi connectivity index (χ4n) is 2.26. The van der Waals surface area contributed by atoms with Gasteiger partial charge in [0, 0.05) is 18.1 Å². The number of carbonyl (C=O) groups is 1. The lowest BCUT2D eigenvalue weighted by atomic mass is 10.0. The van der Waals surface area contributed by atoms with Gasteiger partial charge in [-0.1, -0.05) is 13.3 Å². The second-order valence-electron chi connectivity index (χ2n) is 6.05. The lowest BCUT2D eigenvalue weighted by Gasteiger charge is -2.32. The Hall–Kier alpha value is -0.610. The van der Waals surface area contributed by atoms with Crippen LogP contribution in [0.3, 0.4) is 0 Å². The third-order valence-corrected chi connectivity index (χ3v) is 3.95. The molecule has 1 fully saturated rings. The van der Waals surface area contributed by atoms with Crippen LogP contribution in [0, 0.1) is 0 Å². The standard InChI is InChI=1S/C14H29N3O/c1-5-14(2,3)16-13(18)11-15-10-12-8-6-7-9-17(12)4/h12,15H,5-11H2,1-4H3,(H,16,18). The second kappa shape index (κ2) is 7.10. The molecule has 1 aliphatic heterocycles. The molecule has 0 spiro atoms. The molecular formula is C14H29N3O. The Morgan fingerprint density at radius 2 is 2.11 bits per heavy atom. The van der Waals surface area contributed by atoms with E-state index in [1.54, 1.807) is 0 Å². The van der Waals surface area contributed by atoms with Crippen LogP contribution in [0.25, 0.3) is 0 Å². The number of hydrogen-bond donors (Lipinski definition) is 2. The summed E-state index contributed by atoms with van der Waals surface area (Å²) in [5.41, 5.74) is -0.0968. The third kappa shape index (κ3) is 5.36. The Kier molecular flexibility index (Phi) is 6.09. The zero-order valence-electron chi connectivity index (χ0n) is 12.4. The molecule has 0 saturated carbocycles. The van der Waals surface area contributed by atoms with Crippen LogP contribution in [0.2, 0.25) is 0 Å². The smallest absolute Gasteiger partial charge is 0.234 e. The van der Waals surface area contributed by atoms with Crippen LogP contribution in [-0.4, -0.2) is 49.1 Å². The maximum Gasteiger partial charge on any atom is 0.234 e. The summed E-state index contributed by atoms with van der Waals surface area (Å²) in [7, 11) is 2.17. The van der Waals surface area contributed by atoms with E-state index in [0.717, 1.165) is 13.0 Å². The van der Waals surface area contributed by atoms with E-state index in [1.165, 1.54) is 25.8 Å². The molecule has 0 aliphatic carbocycles. The number of amides is 1. The second-order valence-corrected chi connectivity index (χ2v) is 6.05. The topological polar surface area (TPSA) is 44.4 Å². The number of nitrogens with zero attached hydrogens (tertiary/aromatic N) is 1. The van der Waals surface area contributed by atoms with Crippen molar-refractivity contribution in [2.24, 2.45) is 0 Å². The van der Waals surface area contributed by atoms with Gasteiger partial charge in [-0.15, -0.1) is 0 Å². The Bertz CT molecular complexity index is 266. The molecule has 2 N–H and O–H groups in total. The average Bonchev–Trinajstić information content (AvgIpc) is 2.31. The first-order valence-corrected chi connectivity index (χ1v) is 7.16. The highest BCUT2D eigenvalue weighted by Gasteiger charge is 2.20. The summed E-state index contributed by atoms with van der Waals surface area (Å²) in [6.45, 7) is 8.72. The normalized spacial score (nSPS) is 21.9. The van der Waals surface area contributed by atoms with Crippen molar-refractivity contribution in [2.45, 2.75) is 58.0 Å². The molecule has 1 unspecified atom stereocenters. The van der Waals surface area contributed by atoms with Gasteiger partial charge < -0.3 is 15.5 Å². The van der Waals surface area contributed by atoms with Gasteiger partial charge in [0.1, 0.15) is 0 Å². The van der Waals surface area contributed by atoms with Gasteiger partial charge in [0.25, 0.3) is 0 Å². The molecule has 0 radical (unpaired) electrons. The minimum Gasteiger partial charge on any atom is -0.350 e. The number of hydrogen-bond acceptors (Lipinski definition) is 3. The van der Waals surface area contributed by atoms with Crippen molar-refractivity contribution in [1.29, 1.82) is 0 Å². The van der Waals surface area contributed by atoms with Crippen LogP contribution < -0.4 is 10.6 Å². The molecule has 0 aromatic carbocycles. The van der Waals surface area contributed by atoms with Crippen LogP contribution >= 0.6 is 0 Å². The Morgan fingerprint density at radius 1 is 1.39 bits per heavy atom. The molecule has 1 aliphatic rings. The largest absolute Gasteiger partial charge is 0.350 e. The molecule has 18 heavy (non-hydrogen) atoms. The Labute approximate surface area is 111 Å². The van der Waals surface area contributed by atoms with Gasteiger partial charge in [0.2, 0.25) is 5.91 Å². The van der Waals surface area contributed by atoms with E-state index in [4.69, 9.17) is 0 Å².